The zero-order valence-electron chi connectivity index (χ0n) is 14.1. The number of guanidine groups is 1. The third kappa shape index (κ3) is 9.00. The summed E-state index contributed by atoms with van der Waals surface area (Å²) in [6, 6.07) is 5.18. The number of hydrogen-bond donors (Lipinski definition) is 2. The van der Waals surface area contributed by atoms with Crippen LogP contribution in [0.4, 0.5) is 0 Å². The Hall–Kier alpha value is -1.86. The number of ether oxygens (including phenoxy) is 2. The molecule has 0 amide bonds. The van der Waals surface area contributed by atoms with Crippen molar-refractivity contribution in [3.63, 3.8) is 0 Å². The molecule has 1 rings (SSSR count). The van der Waals surface area contributed by atoms with Crippen LogP contribution in [0, 0.1) is 0 Å². The van der Waals surface area contributed by atoms with Crippen LogP contribution in [0.25, 0.3) is 0 Å². The Morgan fingerprint density at radius 3 is 2.65 bits per heavy atom. The van der Waals surface area contributed by atoms with Crippen molar-refractivity contribution in [3.8, 4) is 0 Å². The number of nitrogens with one attached hydrogen (secondary N) is 2. The summed E-state index contributed by atoms with van der Waals surface area (Å²) >= 11 is 0. The normalized spacial score (nSPS) is 11.5. The summed E-state index contributed by atoms with van der Waals surface area (Å²) in [6.45, 7) is 4.15. The summed E-state index contributed by atoms with van der Waals surface area (Å²) in [5, 5.41) is 6.47. The van der Waals surface area contributed by atoms with Crippen LogP contribution >= 0.6 is 0 Å². The van der Waals surface area contributed by atoms with Crippen LogP contribution in [0.1, 0.15) is 12.8 Å². The fourth-order valence-electron chi connectivity index (χ4n) is 1.95. The highest BCUT2D eigenvalue weighted by atomic mass is 16.5. The number of nitrogens with zero attached hydrogens (tertiary/aromatic N) is 2. The third-order valence-electron chi connectivity index (χ3n) is 3.14. The minimum absolute atomic E-state index is 0.0209. The molecule has 1 aromatic heterocycles. The highest BCUT2D eigenvalue weighted by molar-refractivity contribution is 5.79. The van der Waals surface area contributed by atoms with E-state index in [9.17, 15) is 4.79 Å². The van der Waals surface area contributed by atoms with E-state index in [1.807, 2.05) is 6.07 Å². The molecule has 7 nitrogen and oxygen atoms in total. The lowest BCUT2D eigenvalue weighted by Gasteiger charge is -2.12. The Kier molecular flexibility index (Phi) is 10.6. The van der Waals surface area contributed by atoms with E-state index < -0.39 is 0 Å². The first kappa shape index (κ1) is 19.2. The monoisotopic (exact) mass is 324 g/mol. The van der Waals surface area contributed by atoms with Crippen LogP contribution in [0.3, 0.4) is 0 Å². The second-order valence-corrected chi connectivity index (χ2v) is 5.01. The van der Waals surface area contributed by atoms with E-state index in [1.165, 1.54) is 0 Å². The molecule has 0 aromatic carbocycles. The zero-order valence-corrected chi connectivity index (χ0v) is 14.1. The number of hydrogen-bond acceptors (Lipinski definition) is 4. The first-order valence-electron chi connectivity index (χ1n) is 7.93. The van der Waals surface area contributed by atoms with E-state index in [-0.39, 0.29) is 5.56 Å². The summed E-state index contributed by atoms with van der Waals surface area (Å²) in [5.41, 5.74) is 0.0209. The maximum atomic E-state index is 11.6. The Bertz CT molecular complexity index is 502. The van der Waals surface area contributed by atoms with E-state index in [2.05, 4.69) is 15.6 Å². The van der Waals surface area contributed by atoms with E-state index in [1.54, 1.807) is 37.1 Å². The van der Waals surface area contributed by atoms with Gasteiger partial charge in [-0.05, 0) is 18.9 Å². The SMILES string of the molecule is COCCCNC(=NCCCn1ccccc1=O)NCCOC. The molecule has 7 heteroatoms. The minimum atomic E-state index is 0.0209. The Labute approximate surface area is 137 Å². The predicted molar refractivity (Wildman–Crippen MR) is 92.0 cm³/mol. The average Bonchev–Trinajstić information content (AvgIpc) is 2.56. The fourth-order valence-corrected chi connectivity index (χ4v) is 1.95. The molecule has 0 aliphatic heterocycles. The van der Waals surface area contributed by atoms with Gasteiger partial charge >= 0.3 is 0 Å². The molecule has 0 fully saturated rings. The molecule has 0 aliphatic carbocycles. The lowest BCUT2D eigenvalue weighted by atomic mass is 10.4. The maximum absolute atomic E-state index is 11.6. The molecule has 0 unspecified atom stereocenters. The van der Waals surface area contributed by atoms with Gasteiger partial charge in [-0.2, -0.15) is 0 Å². The van der Waals surface area contributed by atoms with Crippen molar-refractivity contribution in [3.05, 3.63) is 34.7 Å². The molecule has 0 bridgehead atoms. The van der Waals surface area contributed by atoms with E-state index in [0.29, 0.717) is 26.2 Å². The van der Waals surface area contributed by atoms with Gasteiger partial charge in [-0.3, -0.25) is 9.79 Å². The summed E-state index contributed by atoms with van der Waals surface area (Å²) in [6.07, 6.45) is 3.52. The van der Waals surface area contributed by atoms with Crippen molar-refractivity contribution in [2.45, 2.75) is 19.4 Å². The van der Waals surface area contributed by atoms with Gasteiger partial charge in [0.15, 0.2) is 5.96 Å². The summed E-state index contributed by atoms with van der Waals surface area (Å²) in [4.78, 5) is 16.1. The Morgan fingerprint density at radius 1 is 1.13 bits per heavy atom. The first-order chi connectivity index (χ1) is 11.3. The molecule has 2 N–H and O–H groups in total. The molecule has 23 heavy (non-hydrogen) atoms. The number of aryl methyl sites for hydroxylation is 1. The van der Waals surface area contributed by atoms with Crippen molar-refractivity contribution in [1.82, 2.24) is 15.2 Å². The molecule has 1 aromatic rings. The largest absolute Gasteiger partial charge is 0.385 e. The summed E-state index contributed by atoms with van der Waals surface area (Å²) in [7, 11) is 3.36. The molecule has 0 saturated heterocycles. The van der Waals surface area contributed by atoms with E-state index in [0.717, 1.165) is 32.0 Å². The molecule has 0 atom stereocenters. The van der Waals surface area contributed by atoms with Gasteiger partial charge < -0.3 is 24.7 Å². The molecular weight excluding hydrogens is 296 g/mol. The van der Waals surface area contributed by atoms with Gasteiger partial charge in [0.2, 0.25) is 5.56 Å². The molecular formula is C16H28N4O3. The topological polar surface area (TPSA) is 76.9 Å². The van der Waals surface area contributed by atoms with Crippen molar-refractivity contribution in [2.75, 3.05) is 47.1 Å². The molecule has 0 spiro atoms. The van der Waals surface area contributed by atoms with Crippen LogP contribution in [0.2, 0.25) is 0 Å². The molecule has 1 heterocycles. The van der Waals surface area contributed by atoms with Crippen molar-refractivity contribution in [2.24, 2.45) is 4.99 Å². The number of aromatic nitrogens is 1. The highest BCUT2D eigenvalue weighted by Gasteiger charge is 1.98. The first-order valence-corrected chi connectivity index (χ1v) is 7.93. The average molecular weight is 324 g/mol. The van der Waals surface area contributed by atoms with Crippen LogP contribution in [0.5, 0.6) is 0 Å². The zero-order chi connectivity index (χ0) is 16.8. The number of methoxy groups -OCH3 is 2. The number of aliphatic imine (C=N–C) groups is 1. The second kappa shape index (κ2) is 12.7. The Balaban J connectivity index is 2.37. The van der Waals surface area contributed by atoms with Gasteiger partial charge in [-0.15, -0.1) is 0 Å². The van der Waals surface area contributed by atoms with Crippen molar-refractivity contribution in [1.29, 1.82) is 0 Å². The lowest BCUT2D eigenvalue weighted by molar-refractivity contribution is 0.195. The van der Waals surface area contributed by atoms with Crippen LogP contribution in [0.15, 0.2) is 34.2 Å². The molecule has 0 aliphatic rings. The van der Waals surface area contributed by atoms with Crippen molar-refractivity contribution < 1.29 is 9.47 Å². The quantitative estimate of drug-likeness (QED) is 0.351. The smallest absolute Gasteiger partial charge is 0.250 e. The van der Waals surface area contributed by atoms with Gasteiger partial charge in [-0.1, -0.05) is 6.07 Å². The van der Waals surface area contributed by atoms with Gasteiger partial charge in [-0.25, -0.2) is 0 Å². The summed E-state index contributed by atoms with van der Waals surface area (Å²) in [5.74, 6) is 0.763. The highest BCUT2D eigenvalue weighted by Crippen LogP contribution is 1.89. The van der Waals surface area contributed by atoms with E-state index in [4.69, 9.17) is 9.47 Å². The van der Waals surface area contributed by atoms with E-state index >= 15 is 0 Å². The van der Waals surface area contributed by atoms with Gasteiger partial charge in [0.25, 0.3) is 0 Å². The van der Waals surface area contributed by atoms with Crippen molar-refractivity contribution >= 4 is 5.96 Å². The molecule has 0 radical (unpaired) electrons. The fraction of sp³-hybridized carbons (Fsp3) is 0.625. The lowest BCUT2D eigenvalue weighted by Crippen LogP contribution is -2.39. The second-order valence-electron chi connectivity index (χ2n) is 5.01. The van der Waals surface area contributed by atoms with Gasteiger partial charge in [0.05, 0.1) is 6.61 Å². The summed E-state index contributed by atoms with van der Waals surface area (Å²) < 4.78 is 11.8. The molecule has 130 valence electrons. The number of pyridine rings is 1. The van der Waals surface area contributed by atoms with Crippen LogP contribution < -0.4 is 16.2 Å². The maximum Gasteiger partial charge on any atom is 0.250 e. The Morgan fingerprint density at radius 2 is 1.91 bits per heavy atom. The molecule has 0 saturated carbocycles. The third-order valence-corrected chi connectivity index (χ3v) is 3.14. The standard InChI is InChI=1S/C16H28N4O3/c1-22-13-6-9-18-16(19-10-14-23-2)17-8-5-12-20-11-4-3-7-15(20)21/h3-4,7,11H,5-6,8-10,12-14H2,1-2H3,(H2,17,18,19). The number of rotatable bonds is 11. The predicted octanol–water partition coefficient (Wildman–Crippen LogP) is 0.457. The van der Waals surface area contributed by atoms with Gasteiger partial charge in [0.1, 0.15) is 0 Å². The van der Waals surface area contributed by atoms with Gasteiger partial charge in [0, 0.05) is 59.3 Å². The minimum Gasteiger partial charge on any atom is -0.385 e. The van der Waals surface area contributed by atoms with Crippen LogP contribution in [-0.4, -0.2) is 57.6 Å². The van der Waals surface area contributed by atoms with Crippen LogP contribution in [-0.2, 0) is 16.0 Å².